The molecule has 0 aliphatic carbocycles. The molecule has 2 aromatic heterocycles. The number of aliphatic hydroxyl groups excluding tert-OH is 3. The average Bonchev–Trinajstić information content (AvgIpc) is 1.64. The van der Waals surface area contributed by atoms with E-state index in [1.54, 1.807) is 88.6 Å². The monoisotopic (exact) mass is 1940 g/mol. The van der Waals surface area contributed by atoms with E-state index in [9.17, 15) is 112 Å². The van der Waals surface area contributed by atoms with Crippen molar-refractivity contribution >= 4 is 159 Å². The van der Waals surface area contributed by atoms with Crippen LogP contribution < -0.4 is 96.5 Å². The highest BCUT2D eigenvalue weighted by molar-refractivity contribution is 7.80. The van der Waals surface area contributed by atoms with Gasteiger partial charge < -0.3 is 137 Å². The van der Waals surface area contributed by atoms with Gasteiger partial charge in [-0.25, -0.2) is 4.79 Å². The summed E-state index contributed by atoms with van der Waals surface area (Å²) < 4.78 is 0. The van der Waals surface area contributed by atoms with Gasteiger partial charge in [-0.05, 0) is 117 Å². The molecule has 6 rings (SSSR count). The van der Waals surface area contributed by atoms with Crippen molar-refractivity contribution in [3.63, 3.8) is 0 Å². The molecule has 3 aromatic carbocycles. The standard InChI is InChI=1S/C89H129N21O24S2/c1-43(2)28-55(90)76(120)106-66(41-135)83(127)100-58(25-26-69(91)115)78(122)104-64(39-111)82(126)101-59(29-44(3)4)77(121)95-38-72(118)108-73(46(7)8)86(130)109-74(48(10)113)87(131)103-63(31-49-21-23-52(114)24-22-49)88(132)110-27-15-20-68(110)85(129)96-37-71(117)98-61(32-50-34-92-56-18-13-11-16-53(50)56)80(124)102-60(30-45(5)6)79(123)97-47(9)75(119)94-36-70(116)99-62(33-51-35-93-57-19-14-12-17-54(51)57)81(125)107-67(42-136)84(128)105-65(40-112)89(133)134/h11-14,16-19,21-24,34-35,43-48,55,58-68,73-74,92-93,111-114,135-136H,15,20,25-33,36-42,90H2,1-10H3,(H2,91,115)(H,94,119)(H,95,121)(H,96,129)(H,97,123)(H,98,117)(H,99,116)(H,100,127)(H,101,126)(H,102,124)(H,103,131)(H,104,122)(H,105,128)(H,106,120)(H,107,125)(H,108,118)(H,109,130)(H,133,134)/t47-,48+,55-,58-,59-,60-,61-,62-,63-,64-,65-,66-,67-,68-,73-,74-/m0/s1. The number of carbonyl (C=O) groups is 19. The third-order valence-corrected chi connectivity index (χ3v) is 22.7. The van der Waals surface area contributed by atoms with Crippen molar-refractivity contribution in [2.45, 2.75) is 230 Å². The van der Waals surface area contributed by atoms with Crippen molar-refractivity contribution < 1.29 is 117 Å². The molecule has 1 aliphatic rings. The fraction of sp³-hybridized carbons (Fsp3) is 0.539. The van der Waals surface area contributed by atoms with Crippen LogP contribution >= 0.6 is 25.3 Å². The number of rotatable bonds is 55. The number of phenolic OH excluding ortho intramolecular Hbond substituents is 1. The van der Waals surface area contributed by atoms with Gasteiger partial charge in [-0.15, -0.1) is 0 Å². The Bertz CT molecular complexity index is 5030. The second kappa shape index (κ2) is 54.5. The van der Waals surface area contributed by atoms with Gasteiger partial charge in [0.1, 0.15) is 90.3 Å². The first-order valence-corrected chi connectivity index (χ1v) is 45.8. The maximum atomic E-state index is 15.0. The third kappa shape index (κ3) is 35.0. The fourth-order valence-electron chi connectivity index (χ4n) is 14.7. The number of nitrogens with zero attached hydrogens (tertiary/aromatic N) is 1. The number of benzene rings is 3. The maximum Gasteiger partial charge on any atom is 0.328 e. The summed E-state index contributed by atoms with van der Waals surface area (Å²) in [5, 5.41) is 91.5. The number of likely N-dealkylation sites (tertiary alicyclic amines) is 1. The Morgan fingerprint density at radius 2 is 0.860 bits per heavy atom. The lowest BCUT2D eigenvalue weighted by atomic mass is 10.0. The quantitative estimate of drug-likeness (QED) is 0.0162. The van der Waals surface area contributed by atoms with E-state index in [1.165, 1.54) is 45.0 Å². The van der Waals surface area contributed by atoms with Crippen molar-refractivity contribution in [1.82, 2.24) is 99.9 Å². The lowest BCUT2D eigenvalue weighted by molar-refractivity contribution is -0.143. The minimum Gasteiger partial charge on any atom is -0.508 e. The predicted octanol–water partition coefficient (Wildman–Crippen LogP) is -5.26. The van der Waals surface area contributed by atoms with Crippen LogP contribution in [-0.4, -0.2) is 300 Å². The van der Waals surface area contributed by atoms with Crippen LogP contribution in [0.5, 0.6) is 5.75 Å². The van der Waals surface area contributed by atoms with E-state index in [-0.39, 0.29) is 92.9 Å². The first-order chi connectivity index (χ1) is 64.3. The van der Waals surface area contributed by atoms with Crippen LogP contribution in [0.4, 0.5) is 0 Å². The Morgan fingerprint density at radius 1 is 0.441 bits per heavy atom. The molecule has 47 heteroatoms. The minimum atomic E-state index is -1.86. The van der Waals surface area contributed by atoms with Gasteiger partial charge in [-0.1, -0.05) is 104 Å². The highest BCUT2D eigenvalue weighted by Gasteiger charge is 2.42. The van der Waals surface area contributed by atoms with Crippen LogP contribution in [0.2, 0.25) is 0 Å². The number of aromatic hydroxyl groups is 1. The Labute approximate surface area is 795 Å². The third-order valence-electron chi connectivity index (χ3n) is 22.0. The molecule has 16 atom stereocenters. The number of amides is 18. The van der Waals surface area contributed by atoms with Gasteiger partial charge in [0.05, 0.1) is 45.0 Å². The molecule has 0 radical (unpaired) electrons. The van der Waals surface area contributed by atoms with Gasteiger partial charge in [-0.2, -0.15) is 25.3 Å². The fourth-order valence-corrected chi connectivity index (χ4v) is 15.2. The Hall–Kier alpha value is -13.0. The lowest BCUT2D eigenvalue weighted by Gasteiger charge is -2.31. The smallest absolute Gasteiger partial charge is 0.328 e. The van der Waals surface area contributed by atoms with Gasteiger partial charge in [-0.3, -0.25) is 86.3 Å². The summed E-state index contributed by atoms with van der Waals surface area (Å²) in [6.07, 6.45) is 0.470. The summed E-state index contributed by atoms with van der Waals surface area (Å²) in [5.74, 6) is -20.4. The first-order valence-electron chi connectivity index (χ1n) is 44.6. The van der Waals surface area contributed by atoms with E-state index in [1.807, 2.05) is 13.8 Å². The summed E-state index contributed by atoms with van der Waals surface area (Å²) in [5.41, 5.74) is 14.2. The number of nitrogens with one attached hydrogen (secondary N) is 18. The molecular formula is C89H129N21O24S2. The summed E-state index contributed by atoms with van der Waals surface area (Å²) in [6.45, 7) is 11.6. The molecule has 136 heavy (non-hydrogen) atoms. The van der Waals surface area contributed by atoms with Crippen molar-refractivity contribution in [3.8, 4) is 5.75 Å². The number of carboxylic acid groups (broad SMARTS) is 1. The number of nitrogens with two attached hydrogens (primary N) is 2. The average molecular weight is 1940 g/mol. The highest BCUT2D eigenvalue weighted by atomic mass is 32.1. The molecule has 0 saturated carbocycles. The maximum absolute atomic E-state index is 15.0. The van der Waals surface area contributed by atoms with Gasteiger partial charge in [0.15, 0.2) is 0 Å². The Kier molecular flexibility index (Phi) is 44.8. The molecule has 0 bridgehead atoms. The topological polar surface area (TPSA) is 705 Å². The summed E-state index contributed by atoms with van der Waals surface area (Å²) in [7, 11) is 0. The molecular weight excluding hydrogens is 1810 g/mol. The number of primary amides is 1. The number of aromatic amines is 2. The summed E-state index contributed by atoms with van der Waals surface area (Å²) in [4.78, 5) is 268. The number of para-hydroxylation sites is 2. The molecule has 45 nitrogen and oxygen atoms in total. The summed E-state index contributed by atoms with van der Waals surface area (Å²) in [6, 6.07) is -2.48. The zero-order valence-corrected chi connectivity index (χ0v) is 79.1. The highest BCUT2D eigenvalue weighted by Crippen LogP contribution is 2.25. The second-order valence-corrected chi connectivity index (χ2v) is 35.6. The number of phenols is 1. The number of aliphatic carboxylic acids is 1. The number of carboxylic acids is 1. The lowest BCUT2D eigenvalue weighted by Crippen LogP contribution is -2.62. The summed E-state index contributed by atoms with van der Waals surface area (Å²) >= 11 is 8.29. The van der Waals surface area contributed by atoms with Crippen LogP contribution in [0, 0.1) is 23.7 Å². The molecule has 0 spiro atoms. The SMILES string of the molecule is CC(C)C[C@H](NC(=O)[C@H](CO)NC(=O)[C@H](CCC(N)=O)NC(=O)[C@H](CS)NC(=O)[C@@H](N)CC(C)C)C(=O)NCC(=O)N[C@H](C(=O)N[C@H](C(=O)N[C@@H](Cc1ccc(O)cc1)C(=O)N1CCC[C@H]1C(=O)NCC(=O)N[C@@H](Cc1c[nH]c2ccccc12)C(=O)N[C@@H](CC(C)C)C(=O)N[C@@H](C)C(=O)NCC(=O)N[C@@H](Cc1c[nH]c2ccccc12)C(=O)N[C@@H](CS)C(=O)N[C@@H](CO)C(=O)O)[C@@H](C)O)C(C)C. The van der Waals surface area contributed by atoms with Gasteiger partial charge in [0.2, 0.25) is 106 Å². The molecule has 18 amide bonds. The van der Waals surface area contributed by atoms with Crippen molar-refractivity contribution in [3.05, 3.63) is 102 Å². The molecule has 746 valence electrons. The van der Waals surface area contributed by atoms with E-state index < -0.39 is 261 Å². The minimum absolute atomic E-state index is 0.0192. The number of thiol groups is 2. The van der Waals surface area contributed by atoms with Crippen LogP contribution in [-0.2, 0) is 110 Å². The zero-order valence-electron chi connectivity index (χ0n) is 77.3. The van der Waals surface area contributed by atoms with Crippen molar-refractivity contribution in [2.24, 2.45) is 35.1 Å². The molecule has 3 heterocycles. The van der Waals surface area contributed by atoms with Gasteiger partial charge >= 0.3 is 5.97 Å². The predicted molar refractivity (Wildman–Crippen MR) is 501 cm³/mol. The van der Waals surface area contributed by atoms with Gasteiger partial charge in [0, 0.05) is 77.9 Å². The van der Waals surface area contributed by atoms with E-state index in [0.29, 0.717) is 38.5 Å². The molecule has 5 aromatic rings. The van der Waals surface area contributed by atoms with Crippen LogP contribution in [0.15, 0.2) is 85.2 Å². The largest absolute Gasteiger partial charge is 0.508 e. The molecule has 27 N–H and O–H groups in total. The number of H-pyrrole nitrogens is 2. The van der Waals surface area contributed by atoms with E-state index in [4.69, 9.17) is 11.5 Å². The number of aromatic nitrogens is 2. The van der Waals surface area contributed by atoms with Crippen molar-refractivity contribution in [1.29, 1.82) is 0 Å². The number of hydrogen-bond donors (Lipinski definition) is 27. The van der Waals surface area contributed by atoms with E-state index in [0.717, 1.165) is 11.8 Å². The number of aliphatic hydroxyl groups is 3. The van der Waals surface area contributed by atoms with E-state index >= 15 is 4.79 Å². The Balaban J connectivity index is 1.10. The number of carbonyl (C=O) groups excluding carboxylic acids is 18. The van der Waals surface area contributed by atoms with Crippen LogP contribution in [0.25, 0.3) is 21.8 Å². The molecule has 1 saturated heterocycles. The van der Waals surface area contributed by atoms with Crippen LogP contribution in [0.1, 0.15) is 131 Å². The van der Waals surface area contributed by atoms with Crippen LogP contribution in [0.3, 0.4) is 0 Å². The zero-order chi connectivity index (χ0) is 101. The van der Waals surface area contributed by atoms with Gasteiger partial charge in [0.25, 0.3) is 0 Å². The van der Waals surface area contributed by atoms with E-state index in [2.05, 4.69) is 120 Å². The Morgan fingerprint density at radius 3 is 1.35 bits per heavy atom. The number of fused-ring (bicyclic) bond motifs is 2. The molecule has 0 unspecified atom stereocenters. The normalized spacial score (nSPS) is 15.8. The molecule has 1 fully saturated rings. The molecule has 1 aliphatic heterocycles. The first kappa shape index (κ1) is 112. The number of hydrogen-bond acceptors (Lipinski definition) is 26. The second-order valence-electron chi connectivity index (χ2n) is 34.9. The van der Waals surface area contributed by atoms with Crippen molar-refractivity contribution in [2.75, 3.05) is 50.9 Å².